The molecule has 6 heteroatoms. The summed E-state index contributed by atoms with van der Waals surface area (Å²) in [6.07, 6.45) is 0. The predicted molar refractivity (Wildman–Crippen MR) is 81.2 cm³/mol. The van der Waals surface area contributed by atoms with Gasteiger partial charge in [0.25, 0.3) is 5.91 Å². The van der Waals surface area contributed by atoms with E-state index in [4.69, 9.17) is 23.2 Å². The van der Waals surface area contributed by atoms with Gasteiger partial charge in [0.1, 0.15) is 5.82 Å². The lowest BCUT2D eigenvalue weighted by molar-refractivity contribution is 0.0749. The van der Waals surface area contributed by atoms with Gasteiger partial charge in [-0.25, -0.2) is 4.39 Å². The number of carbonyl (C=O) groups is 1. The Labute approximate surface area is 130 Å². The number of nitrogens with zero attached hydrogens (tertiary/aromatic N) is 1. The zero-order valence-electron chi connectivity index (χ0n) is 10.7. The van der Waals surface area contributed by atoms with Crippen molar-refractivity contribution in [3.8, 4) is 0 Å². The van der Waals surface area contributed by atoms with Gasteiger partial charge in [0, 0.05) is 16.4 Å². The second-order valence-corrected chi connectivity index (χ2v) is 6.39. The van der Waals surface area contributed by atoms with E-state index >= 15 is 0 Å². The molecular formula is C14H12Cl2FNOS. The highest BCUT2D eigenvalue weighted by Crippen LogP contribution is 2.24. The minimum atomic E-state index is -0.568. The van der Waals surface area contributed by atoms with Crippen LogP contribution >= 0.6 is 34.5 Å². The van der Waals surface area contributed by atoms with Gasteiger partial charge in [-0.3, -0.25) is 4.79 Å². The molecule has 0 saturated carbocycles. The lowest BCUT2D eigenvalue weighted by Gasteiger charge is -2.20. The van der Waals surface area contributed by atoms with Crippen LogP contribution in [0.2, 0.25) is 9.36 Å². The van der Waals surface area contributed by atoms with E-state index in [2.05, 4.69) is 0 Å². The molecule has 2 nitrogen and oxygen atoms in total. The molecule has 0 aliphatic heterocycles. The summed E-state index contributed by atoms with van der Waals surface area (Å²) in [6.45, 7) is 2.72. The number of halogens is 3. The van der Waals surface area contributed by atoms with Crippen LogP contribution in [0.3, 0.4) is 0 Å². The van der Waals surface area contributed by atoms with Gasteiger partial charge in [0.15, 0.2) is 0 Å². The van der Waals surface area contributed by atoms with Crippen molar-refractivity contribution < 1.29 is 9.18 Å². The highest BCUT2D eigenvalue weighted by molar-refractivity contribution is 7.16. The van der Waals surface area contributed by atoms with Crippen LogP contribution in [0, 0.1) is 5.82 Å². The molecule has 0 saturated heterocycles. The maximum Gasteiger partial charge on any atom is 0.257 e. The van der Waals surface area contributed by atoms with Gasteiger partial charge in [-0.05, 0) is 37.3 Å². The highest BCUT2D eigenvalue weighted by Gasteiger charge is 2.19. The number of benzene rings is 1. The Morgan fingerprint density at radius 2 is 2.05 bits per heavy atom. The van der Waals surface area contributed by atoms with Crippen molar-refractivity contribution in [2.24, 2.45) is 0 Å². The maximum atomic E-state index is 13.7. The first kappa shape index (κ1) is 15.3. The topological polar surface area (TPSA) is 20.3 Å². The average molecular weight is 332 g/mol. The molecule has 2 rings (SSSR count). The summed E-state index contributed by atoms with van der Waals surface area (Å²) < 4.78 is 14.4. The van der Waals surface area contributed by atoms with Gasteiger partial charge in [-0.15, -0.1) is 11.3 Å². The molecule has 20 heavy (non-hydrogen) atoms. The summed E-state index contributed by atoms with van der Waals surface area (Å²) >= 11 is 13.1. The van der Waals surface area contributed by atoms with Crippen molar-refractivity contribution in [3.63, 3.8) is 0 Å². The molecule has 0 bridgehead atoms. The normalized spacial score (nSPS) is 10.6. The molecule has 0 aliphatic carbocycles. The molecule has 0 spiro atoms. The SMILES string of the molecule is CCN(Cc1ccc(Cl)s1)C(=O)c1cc(Cl)ccc1F. The molecule has 1 heterocycles. The summed E-state index contributed by atoms with van der Waals surface area (Å²) in [5, 5.41) is 0.338. The Morgan fingerprint density at radius 1 is 1.30 bits per heavy atom. The molecule has 106 valence electrons. The van der Waals surface area contributed by atoms with Crippen LogP contribution in [0.4, 0.5) is 4.39 Å². The summed E-state index contributed by atoms with van der Waals surface area (Å²) in [5.41, 5.74) is -0.0120. The third kappa shape index (κ3) is 3.51. The molecule has 2 aromatic rings. The zero-order valence-corrected chi connectivity index (χ0v) is 13.0. The van der Waals surface area contributed by atoms with Crippen molar-refractivity contribution in [3.05, 3.63) is 55.9 Å². The number of carbonyl (C=O) groups excluding carboxylic acids is 1. The molecule has 0 unspecified atom stereocenters. The second kappa shape index (κ2) is 6.57. The standard InChI is InChI=1S/C14H12Cl2FNOS/c1-2-18(8-10-4-6-13(16)20-10)14(19)11-7-9(15)3-5-12(11)17/h3-7H,2,8H2,1H3. The molecule has 1 amide bonds. The van der Waals surface area contributed by atoms with Gasteiger partial charge >= 0.3 is 0 Å². The summed E-state index contributed by atoms with van der Waals surface area (Å²) in [7, 11) is 0. The van der Waals surface area contributed by atoms with Crippen LogP contribution in [-0.2, 0) is 6.54 Å². The molecule has 0 N–H and O–H groups in total. The zero-order chi connectivity index (χ0) is 14.7. The maximum absolute atomic E-state index is 13.7. The number of amides is 1. The summed E-state index contributed by atoms with van der Waals surface area (Å²) in [6, 6.07) is 7.61. The minimum absolute atomic E-state index is 0.0120. The first-order chi connectivity index (χ1) is 9.51. The van der Waals surface area contributed by atoms with Crippen molar-refractivity contribution >= 4 is 40.4 Å². The van der Waals surface area contributed by atoms with E-state index in [9.17, 15) is 9.18 Å². The molecule has 1 aromatic heterocycles. The number of rotatable bonds is 4. The van der Waals surface area contributed by atoms with Gasteiger partial charge < -0.3 is 4.90 Å². The molecule has 0 aliphatic rings. The van der Waals surface area contributed by atoms with Crippen molar-refractivity contribution in [2.45, 2.75) is 13.5 Å². The molecule has 0 fully saturated rings. The Balaban J connectivity index is 2.22. The van der Waals surface area contributed by atoms with E-state index in [1.54, 1.807) is 11.0 Å². The van der Waals surface area contributed by atoms with E-state index in [1.807, 2.05) is 13.0 Å². The number of hydrogen-bond donors (Lipinski definition) is 0. The van der Waals surface area contributed by atoms with Gasteiger partial charge in [0.05, 0.1) is 16.4 Å². The first-order valence-corrected chi connectivity index (χ1v) is 7.57. The van der Waals surface area contributed by atoms with E-state index in [0.717, 1.165) is 4.88 Å². The smallest absolute Gasteiger partial charge is 0.257 e. The van der Waals surface area contributed by atoms with Gasteiger partial charge in [0.2, 0.25) is 0 Å². The second-order valence-electron chi connectivity index (χ2n) is 4.15. The highest BCUT2D eigenvalue weighted by atomic mass is 35.5. The Kier molecular flexibility index (Phi) is 5.02. The number of hydrogen-bond acceptors (Lipinski definition) is 2. The molecule has 0 radical (unpaired) electrons. The molecule has 1 aromatic carbocycles. The van der Waals surface area contributed by atoms with E-state index < -0.39 is 5.82 Å². The van der Waals surface area contributed by atoms with Crippen LogP contribution in [-0.4, -0.2) is 17.4 Å². The van der Waals surface area contributed by atoms with E-state index in [1.165, 1.54) is 29.5 Å². The predicted octanol–water partition coefficient (Wildman–Crippen LogP) is 4.86. The van der Waals surface area contributed by atoms with Crippen LogP contribution in [0.25, 0.3) is 0 Å². The summed E-state index contributed by atoms with van der Waals surface area (Å²) in [4.78, 5) is 14.9. The third-order valence-electron chi connectivity index (χ3n) is 2.80. The largest absolute Gasteiger partial charge is 0.334 e. The van der Waals surface area contributed by atoms with Gasteiger partial charge in [-0.2, -0.15) is 0 Å². The fourth-order valence-corrected chi connectivity index (χ4v) is 3.06. The quantitative estimate of drug-likeness (QED) is 0.783. The van der Waals surface area contributed by atoms with Crippen molar-refractivity contribution in [1.82, 2.24) is 4.90 Å². The third-order valence-corrected chi connectivity index (χ3v) is 4.25. The molecular weight excluding hydrogens is 320 g/mol. The van der Waals surface area contributed by atoms with Crippen molar-refractivity contribution in [2.75, 3.05) is 6.54 Å². The Bertz CT molecular complexity index is 629. The fourth-order valence-electron chi connectivity index (χ4n) is 1.78. The summed E-state index contributed by atoms with van der Waals surface area (Å²) in [5.74, 6) is -0.945. The van der Waals surface area contributed by atoms with E-state index in [-0.39, 0.29) is 11.5 Å². The fraction of sp³-hybridized carbons (Fsp3) is 0.214. The minimum Gasteiger partial charge on any atom is -0.334 e. The van der Waals surface area contributed by atoms with Crippen molar-refractivity contribution in [1.29, 1.82) is 0 Å². The monoisotopic (exact) mass is 331 g/mol. The molecule has 0 atom stereocenters. The number of thiophene rings is 1. The van der Waals surface area contributed by atoms with Crippen LogP contribution < -0.4 is 0 Å². The average Bonchev–Trinajstić information content (AvgIpc) is 2.83. The van der Waals surface area contributed by atoms with Crippen LogP contribution in [0.1, 0.15) is 22.2 Å². The lowest BCUT2D eigenvalue weighted by atomic mass is 10.2. The first-order valence-electron chi connectivity index (χ1n) is 5.99. The van der Waals surface area contributed by atoms with E-state index in [0.29, 0.717) is 22.4 Å². The van der Waals surface area contributed by atoms with Gasteiger partial charge in [-0.1, -0.05) is 23.2 Å². The Morgan fingerprint density at radius 3 is 2.65 bits per heavy atom. The Hall–Kier alpha value is -1.10. The lowest BCUT2D eigenvalue weighted by Crippen LogP contribution is -2.30. The van der Waals surface area contributed by atoms with Crippen LogP contribution in [0.5, 0.6) is 0 Å². The van der Waals surface area contributed by atoms with Crippen LogP contribution in [0.15, 0.2) is 30.3 Å².